The number of hydrogen-bond donors (Lipinski definition) is 2. The predicted molar refractivity (Wildman–Crippen MR) is 76.4 cm³/mol. The summed E-state index contributed by atoms with van der Waals surface area (Å²) in [6.45, 7) is 0.584. The minimum atomic E-state index is -4.32. The van der Waals surface area contributed by atoms with Crippen LogP contribution < -0.4 is 11.1 Å². The molecule has 1 unspecified atom stereocenters. The summed E-state index contributed by atoms with van der Waals surface area (Å²) in [5.74, 6) is 0. The van der Waals surface area contributed by atoms with Crippen molar-refractivity contribution in [2.75, 3.05) is 0 Å². The number of halogens is 3. The molecule has 0 heterocycles. The second-order valence-electron chi connectivity index (χ2n) is 4.88. The van der Waals surface area contributed by atoms with E-state index in [-0.39, 0.29) is 0 Å². The largest absolute Gasteiger partial charge is 0.416 e. The van der Waals surface area contributed by atoms with E-state index in [1.165, 1.54) is 6.07 Å². The highest BCUT2D eigenvalue weighted by molar-refractivity contribution is 5.26. The molecule has 0 saturated heterocycles. The van der Waals surface area contributed by atoms with E-state index in [4.69, 9.17) is 5.73 Å². The van der Waals surface area contributed by atoms with Crippen molar-refractivity contribution in [3.05, 3.63) is 71.3 Å². The highest BCUT2D eigenvalue weighted by Crippen LogP contribution is 2.29. The SMILES string of the molecule is NC(Cc1cccc(C(F)(F)F)c1)NCc1ccccc1. The summed E-state index contributed by atoms with van der Waals surface area (Å²) in [4.78, 5) is 0. The lowest BCUT2D eigenvalue weighted by Crippen LogP contribution is -2.38. The molecule has 0 aliphatic carbocycles. The highest BCUT2D eigenvalue weighted by Gasteiger charge is 2.30. The summed E-state index contributed by atoms with van der Waals surface area (Å²) >= 11 is 0. The first-order valence-corrected chi connectivity index (χ1v) is 6.64. The zero-order valence-electron chi connectivity index (χ0n) is 11.4. The Morgan fingerprint density at radius 1 is 0.952 bits per heavy atom. The first-order chi connectivity index (χ1) is 9.95. The van der Waals surface area contributed by atoms with E-state index >= 15 is 0 Å². The molecule has 0 aliphatic rings. The maximum Gasteiger partial charge on any atom is 0.416 e. The molecule has 0 spiro atoms. The molecule has 0 amide bonds. The van der Waals surface area contributed by atoms with Crippen molar-refractivity contribution in [2.45, 2.75) is 25.3 Å². The molecule has 0 bridgehead atoms. The molecule has 0 saturated carbocycles. The van der Waals surface area contributed by atoms with Crippen LogP contribution in [0, 0.1) is 0 Å². The molecule has 21 heavy (non-hydrogen) atoms. The van der Waals surface area contributed by atoms with Crippen molar-refractivity contribution in [3.8, 4) is 0 Å². The maximum atomic E-state index is 12.6. The van der Waals surface area contributed by atoms with Crippen LogP contribution in [0.4, 0.5) is 13.2 Å². The van der Waals surface area contributed by atoms with Gasteiger partial charge >= 0.3 is 6.18 Å². The Morgan fingerprint density at radius 3 is 2.29 bits per heavy atom. The third-order valence-corrected chi connectivity index (χ3v) is 3.12. The Balaban J connectivity index is 1.92. The van der Waals surface area contributed by atoms with E-state index in [0.29, 0.717) is 18.5 Å². The number of nitrogens with one attached hydrogen (secondary N) is 1. The van der Waals surface area contributed by atoms with Gasteiger partial charge in [0.05, 0.1) is 11.7 Å². The molecular formula is C16H17F3N2. The summed E-state index contributed by atoms with van der Waals surface area (Å²) < 4.78 is 37.9. The van der Waals surface area contributed by atoms with Gasteiger partial charge in [0.25, 0.3) is 0 Å². The van der Waals surface area contributed by atoms with E-state index < -0.39 is 17.9 Å². The fraction of sp³-hybridized carbons (Fsp3) is 0.250. The molecule has 1 atom stereocenters. The Kier molecular flexibility index (Phi) is 4.98. The zero-order valence-corrected chi connectivity index (χ0v) is 11.4. The van der Waals surface area contributed by atoms with E-state index in [1.807, 2.05) is 30.3 Å². The fourth-order valence-corrected chi connectivity index (χ4v) is 2.05. The molecular weight excluding hydrogens is 277 g/mol. The van der Waals surface area contributed by atoms with Gasteiger partial charge in [-0.1, -0.05) is 48.5 Å². The average Bonchev–Trinajstić information content (AvgIpc) is 2.46. The van der Waals surface area contributed by atoms with Gasteiger partial charge < -0.3 is 5.73 Å². The molecule has 0 aromatic heterocycles. The van der Waals surface area contributed by atoms with Crippen LogP contribution in [0.2, 0.25) is 0 Å². The van der Waals surface area contributed by atoms with E-state index in [2.05, 4.69) is 5.32 Å². The molecule has 2 aromatic rings. The number of benzene rings is 2. The van der Waals surface area contributed by atoms with Gasteiger partial charge in [-0.3, -0.25) is 5.32 Å². The summed E-state index contributed by atoms with van der Waals surface area (Å²) in [7, 11) is 0. The summed E-state index contributed by atoms with van der Waals surface area (Å²) in [6, 6.07) is 15.0. The van der Waals surface area contributed by atoms with E-state index in [9.17, 15) is 13.2 Å². The zero-order chi connectivity index (χ0) is 15.3. The lowest BCUT2D eigenvalue weighted by Gasteiger charge is -2.15. The molecule has 5 heteroatoms. The van der Waals surface area contributed by atoms with Crippen LogP contribution in [0.25, 0.3) is 0 Å². The molecule has 0 aliphatic heterocycles. The number of hydrogen-bond acceptors (Lipinski definition) is 2. The molecule has 112 valence electrons. The van der Waals surface area contributed by atoms with Crippen molar-refractivity contribution >= 4 is 0 Å². The van der Waals surface area contributed by atoms with Gasteiger partial charge in [-0.15, -0.1) is 0 Å². The molecule has 0 fully saturated rings. The van der Waals surface area contributed by atoms with Gasteiger partial charge in [0.1, 0.15) is 0 Å². The second kappa shape index (κ2) is 6.74. The van der Waals surface area contributed by atoms with Crippen LogP contribution in [0.1, 0.15) is 16.7 Å². The lowest BCUT2D eigenvalue weighted by atomic mass is 10.1. The Hall–Kier alpha value is -1.85. The fourth-order valence-electron chi connectivity index (χ4n) is 2.05. The molecule has 2 nitrogen and oxygen atoms in total. The summed E-state index contributed by atoms with van der Waals surface area (Å²) in [5.41, 5.74) is 6.93. The third kappa shape index (κ3) is 4.88. The van der Waals surface area contributed by atoms with Crippen LogP contribution in [-0.4, -0.2) is 6.17 Å². The van der Waals surface area contributed by atoms with Crippen molar-refractivity contribution in [2.24, 2.45) is 5.73 Å². The van der Waals surface area contributed by atoms with Crippen molar-refractivity contribution < 1.29 is 13.2 Å². The minimum Gasteiger partial charge on any atom is -0.316 e. The van der Waals surface area contributed by atoms with Gasteiger partial charge in [-0.2, -0.15) is 13.2 Å². The van der Waals surface area contributed by atoms with Gasteiger partial charge in [0, 0.05) is 13.0 Å². The van der Waals surface area contributed by atoms with Crippen LogP contribution >= 0.6 is 0 Å². The normalized spacial score (nSPS) is 13.1. The number of rotatable bonds is 5. The van der Waals surface area contributed by atoms with Crippen molar-refractivity contribution in [1.82, 2.24) is 5.32 Å². The first-order valence-electron chi connectivity index (χ1n) is 6.64. The molecule has 2 rings (SSSR count). The van der Waals surface area contributed by atoms with Crippen LogP contribution in [-0.2, 0) is 19.1 Å². The van der Waals surface area contributed by atoms with Crippen molar-refractivity contribution in [1.29, 1.82) is 0 Å². The second-order valence-corrected chi connectivity index (χ2v) is 4.88. The minimum absolute atomic E-state index is 0.344. The van der Waals surface area contributed by atoms with Gasteiger partial charge in [0.15, 0.2) is 0 Å². The Labute approximate surface area is 121 Å². The van der Waals surface area contributed by atoms with Gasteiger partial charge in [0.2, 0.25) is 0 Å². The number of alkyl halides is 3. The van der Waals surface area contributed by atoms with Gasteiger partial charge in [-0.05, 0) is 17.2 Å². The Bertz CT molecular complexity index is 567. The highest BCUT2D eigenvalue weighted by atomic mass is 19.4. The predicted octanol–water partition coefficient (Wildman–Crippen LogP) is 3.32. The standard InChI is InChI=1S/C16H17F3N2/c17-16(18,19)14-8-4-7-13(9-14)10-15(20)21-11-12-5-2-1-3-6-12/h1-9,15,21H,10-11,20H2. The maximum absolute atomic E-state index is 12.6. The smallest absolute Gasteiger partial charge is 0.316 e. The van der Waals surface area contributed by atoms with E-state index in [0.717, 1.165) is 17.7 Å². The molecule has 2 aromatic carbocycles. The summed E-state index contributed by atoms with van der Waals surface area (Å²) in [5, 5.41) is 3.10. The van der Waals surface area contributed by atoms with Crippen molar-refractivity contribution in [3.63, 3.8) is 0 Å². The topological polar surface area (TPSA) is 38.0 Å². The average molecular weight is 294 g/mol. The van der Waals surface area contributed by atoms with Crippen LogP contribution in [0.5, 0.6) is 0 Å². The van der Waals surface area contributed by atoms with E-state index in [1.54, 1.807) is 6.07 Å². The van der Waals surface area contributed by atoms with Crippen LogP contribution in [0.3, 0.4) is 0 Å². The number of nitrogens with two attached hydrogens (primary N) is 1. The molecule has 3 N–H and O–H groups in total. The van der Waals surface area contributed by atoms with Gasteiger partial charge in [-0.25, -0.2) is 0 Å². The van der Waals surface area contributed by atoms with Crippen LogP contribution in [0.15, 0.2) is 54.6 Å². The third-order valence-electron chi connectivity index (χ3n) is 3.12. The monoisotopic (exact) mass is 294 g/mol. The lowest BCUT2D eigenvalue weighted by molar-refractivity contribution is -0.137. The molecule has 0 radical (unpaired) electrons. The Morgan fingerprint density at radius 2 is 1.62 bits per heavy atom. The quantitative estimate of drug-likeness (QED) is 0.830. The first kappa shape index (κ1) is 15.5. The summed E-state index contributed by atoms with van der Waals surface area (Å²) in [6.07, 6.45) is -4.37.